The van der Waals surface area contributed by atoms with Crippen LogP contribution in [0.4, 0.5) is 5.69 Å². The van der Waals surface area contributed by atoms with Gasteiger partial charge in [0.25, 0.3) is 0 Å². The molecule has 0 saturated heterocycles. The molecule has 1 aromatic heterocycles. The molecule has 1 atom stereocenters. The molecule has 0 N–H and O–H groups in total. The van der Waals surface area contributed by atoms with Gasteiger partial charge in [-0.3, -0.25) is 4.31 Å². The molecule has 3 rings (SSSR count). The van der Waals surface area contributed by atoms with E-state index in [9.17, 15) is 8.42 Å². The number of hydrogen-bond donors (Lipinski definition) is 0. The van der Waals surface area contributed by atoms with E-state index in [1.54, 1.807) is 12.5 Å². The molecule has 0 aliphatic carbocycles. The molecular weight excluding hydrogens is 262 g/mol. The quantitative estimate of drug-likeness (QED) is 0.835. The van der Waals surface area contributed by atoms with E-state index in [2.05, 4.69) is 4.98 Å². The summed E-state index contributed by atoms with van der Waals surface area (Å²) >= 11 is 0. The van der Waals surface area contributed by atoms with Crippen LogP contribution in [-0.2, 0) is 16.4 Å². The second kappa shape index (κ2) is 4.38. The van der Waals surface area contributed by atoms with Crippen LogP contribution in [0, 0.1) is 0 Å². The monoisotopic (exact) mass is 277 g/mol. The Labute approximate surface area is 112 Å². The number of fused-ring (bicyclic) bond motifs is 1. The molecule has 1 aliphatic heterocycles. The van der Waals surface area contributed by atoms with E-state index in [1.807, 2.05) is 35.0 Å². The van der Waals surface area contributed by atoms with Crippen molar-refractivity contribution in [3.05, 3.63) is 48.5 Å². The van der Waals surface area contributed by atoms with E-state index in [1.165, 1.54) is 10.6 Å². The molecule has 5 nitrogen and oxygen atoms in total. The number of sulfonamides is 1. The van der Waals surface area contributed by atoms with Crippen molar-refractivity contribution in [3.8, 4) is 0 Å². The van der Waals surface area contributed by atoms with E-state index in [0.29, 0.717) is 6.54 Å². The number of nitrogens with zero attached hydrogens (tertiary/aromatic N) is 3. The van der Waals surface area contributed by atoms with E-state index in [0.717, 1.165) is 17.7 Å². The molecule has 1 aliphatic rings. The summed E-state index contributed by atoms with van der Waals surface area (Å²) in [6.45, 7) is 0.451. The van der Waals surface area contributed by atoms with Gasteiger partial charge in [-0.25, -0.2) is 13.4 Å². The zero-order valence-corrected chi connectivity index (χ0v) is 11.4. The third-order valence-electron chi connectivity index (χ3n) is 3.44. The summed E-state index contributed by atoms with van der Waals surface area (Å²) in [5, 5.41) is 0. The van der Waals surface area contributed by atoms with Crippen LogP contribution < -0.4 is 4.31 Å². The maximum atomic E-state index is 12.0. The number of hydrogen-bond acceptors (Lipinski definition) is 3. The summed E-state index contributed by atoms with van der Waals surface area (Å²) in [7, 11) is -3.26. The van der Waals surface area contributed by atoms with Crippen molar-refractivity contribution in [3.63, 3.8) is 0 Å². The van der Waals surface area contributed by atoms with E-state index >= 15 is 0 Å². The van der Waals surface area contributed by atoms with Gasteiger partial charge in [-0.1, -0.05) is 18.2 Å². The Kier molecular flexibility index (Phi) is 2.82. The third kappa shape index (κ3) is 2.23. The first-order valence-corrected chi connectivity index (χ1v) is 7.93. The van der Waals surface area contributed by atoms with Gasteiger partial charge in [0, 0.05) is 12.4 Å². The minimum Gasteiger partial charge on any atom is -0.332 e. The number of rotatable bonds is 2. The molecule has 0 unspecified atom stereocenters. The standard InChI is InChI=1S/C13H15N3O2S/c1-19(17,18)16-9-12(15-7-6-14-10-15)8-11-4-2-3-5-13(11)16/h2-7,10,12H,8-9H2,1H3/t12-/m1/s1. The Hall–Kier alpha value is -1.82. The summed E-state index contributed by atoms with van der Waals surface area (Å²) in [4.78, 5) is 4.04. The van der Waals surface area contributed by atoms with Crippen molar-refractivity contribution in [2.24, 2.45) is 0 Å². The molecule has 0 radical (unpaired) electrons. The van der Waals surface area contributed by atoms with E-state index in [-0.39, 0.29) is 6.04 Å². The number of aromatic nitrogens is 2. The van der Waals surface area contributed by atoms with Gasteiger partial charge < -0.3 is 4.57 Å². The van der Waals surface area contributed by atoms with Gasteiger partial charge in [0.2, 0.25) is 10.0 Å². The second-order valence-electron chi connectivity index (χ2n) is 4.79. The molecular formula is C13H15N3O2S. The average Bonchev–Trinajstić information content (AvgIpc) is 2.90. The van der Waals surface area contributed by atoms with E-state index < -0.39 is 10.0 Å². The van der Waals surface area contributed by atoms with Crippen molar-refractivity contribution in [2.45, 2.75) is 12.5 Å². The van der Waals surface area contributed by atoms with Gasteiger partial charge in [-0.15, -0.1) is 0 Å². The van der Waals surface area contributed by atoms with Crippen LogP contribution in [0.3, 0.4) is 0 Å². The lowest BCUT2D eigenvalue weighted by Crippen LogP contribution is -2.40. The fourth-order valence-corrected chi connectivity index (χ4v) is 3.51. The average molecular weight is 277 g/mol. The topological polar surface area (TPSA) is 55.2 Å². The second-order valence-corrected chi connectivity index (χ2v) is 6.70. The van der Waals surface area contributed by atoms with Crippen LogP contribution in [0.5, 0.6) is 0 Å². The molecule has 19 heavy (non-hydrogen) atoms. The molecule has 0 bridgehead atoms. The lowest BCUT2D eigenvalue weighted by Gasteiger charge is -2.34. The van der Waals surface area contributed by atoms with Gasteiger partial charge >= 0.3 is 0 Å². The Bertz CT molecular complexity index is 680. The van der Waals surface area contributed by atoms with Crippen molar-refractivity contribution >= 4 is 15.7 Å². The maximum absolute atomic E-state index is 12.0. The first kappa shape index (κ1) is 12.2. The van der Waals surface area contributed by atoms with Crippen molar-refractivity contribution in [1.29, 1.82) is 0 Å². The van der Waals surface area contributed by atoms with E-state index in [4.69, 9.17) is 0 Å². The Morgan fingerprint density at radius 3 is 2.79 bits per heavy atom. The SMILES string of the molecule is CS(=O)(=O)N1C[C@H](n2ccnc2)Cc2ccccc21. The van der Waals surface area contributed by atoms with Crippen LogP contribution in [0.25, 0.3) is 0 Å². The van der Waals surface area contributed by atoms with Crippen LogP contribution in [0.1, 0.15) is 11.6 Å². The van der Waals surface area contributed by atoms with Gasteiger partial charge in [0.15, 0.2) is 0 Å². The predicted octanol–water partition coefficient (Wildman–Crippen LogP) is 1.45. The largest absolute Gasteiger partial charge is 0.332 e. The molecule has 0 amide bonds. The first-order chi connectivity index (χ1) is 9.05. The summed E-state index contributed by atoms with van der Waals surface area (Å²) in [5.74, 6) is 0. The third-order valence-corrected chi connectivity index (χ3v) is 4.59. The summed E-state index contributed by atoms with van der Waals surface area (Å²) in [6.07, 6.45) is 7.39. The maximum Gasteiger partial charge on any atom is 0.232 e. The van der Waals surface area contributed by atoms with Gasteiger partial charge in [0.05, 0.1) is 30.9 Å². The summed E-state index contributed by atoms with van der Waals surface area (Å²) in [5.41, 5.74) is 1.85. The smallest absolute Gasteiger partial charge is 0.232 e. The fourth-order valence-electron chi connectivity index (χ4n) is 2.53. The highest BCUT2D eigenvalue weighted by Crippen LogP contribution is 2.33. The molecule has 0 fully saturated rings. The molecule has 6 heteroatoms. The number of para-hydroxylation sites is 1. The highest BCUT2D eigenvalue weighted by atomic mass is 32.2. The van der Waals surface area contributed by atoms with Gasteiger partial charge in [-0.05, 0) is 18.1 Å². The highest BCUT2D eigenvalue weighted by Gasteiger charge is 2.30. The fraction of sp³-hybridized carbons (Fsp3) is 0.308. The Morgan fingerprint density at radius 1 is 1.32 bits per heavy atom. The van der Waals surface area contributed by atoms with Crippen molar-refractivity contribution < 1.29 is 8.42 Å². The number of benzene rings is 1. The molecule has 0 saturated carbocycles. The molecule has 2 aromatic rings. The number of imidazole rings is 1. The van der Waals surface area contributed by atoms with Crippen LogP contribution in [0.15, 0.2) is 43.0 Å². The van der Waals surface area contributed by atoms with Crippen LogP contribution >= 0.6 is 0 Å². The Balaban J connectivity index is 2.06. The summed E-state index contributed by atoms with van der Waals surface area (Å²) in [6, 6.07) is 7.74. The Morgan fingerprint density at radius 2 is 2.11 bits per heavy atom. The predicted molar refractivity (Wildman–Crippen MR) is 73.6 cm³/mol. The normalized spacial score (nSPS) is 19.2. The zero-order valence-electron chi connectivity index (χ0n) is 10.6. The lowest BCUT2D eigenvalue weighted by molar-refractivity contribution is 0.488. The summed E-state index contributed by atoms with van der Waals surface area (Å²) < 4.78 is 27.4. The molecule has 100 valence electrons. The zero-order chi connectivity index (χ0) is 13.5. The van der Waals surface area contributed by atoms with Gasteiger partial charge in [0.1, 0.15) is 0 Å². The minimum atomic E-state index is -3.26. The molecule has 2 heterocycles. The van der Waals surface area contributed by atoms with Crippen molar-refractivity contribution in [1.82, 2.24) is 9.55 Å². The van der Waals surface area contributed by atoms with Crippen molar-refractivity contribution in [2.75, 3.05) is 17.1 Å². The number of anilines is 1. The highest BCUT2D eigenvalue weighted by molar-refractivity contribution is 7.92. The minimum absolute atomic E-state index is 0.0899. The van der Waals surface area contributed by atoms with Crippen LogP contribution in [0.2, 0.25) is 0 Å². The first-order valence-electron chi connectivity index (χ1n) is 6.09. The lowest BCUT2D eigenvalue weighted by atomic mass is 10.00. The molecule has 1 aromatic carbocycles. The van der Waals surface area contributed by atoms with Gasteiger partial charge in [-0.2, -0.15) is 0 Å². The molecule has 0 spiro atoms. The van der Waals surface area contributed by atoms with Crippen LogP contribution in [-0.4, -0.2) is 30.8 Å².